The third-order valence-corrected chi connectivity index (χ3v) is 4.30. The van der Waals surface area contributed by atoms with Gasteiger partial charge in [-0.05, 0) is 44.7 Å². The van der Waals surface area contributed by atoms with E-state index in [0.29, 0.717) is 0 Å². The van der Waals surface area contributed by atoms with Gasteiger partial charge in [-0.3, -0.25) is 9.69 Å². The van der Waals surface area contributed by atoms with E-state index in [-0.39, 0.29) is 11.4 Å². The van der Waals surface area contributed by atoms with E-state index in [2.05, 4.69) is 15.5 Å². The van der Waals surface area contributed by atoms with Crippen LogP contribution in [0.25, 0.3) is 0 Å². The van der Waals surface area contributed by atoms with Gasteiger partial charge in [0, 0.05) is 19.6 Å². The number of nitrogens with one attached hydrogen (secondary N) is 2. The zero-order valence-corrected chi connectivity index (χ0v) is 9.80. The predicted octanol–water partition coefficient (Wildman–Crippen LogP) is -0.0496. The van der Waals surface area contributed by atoms with Crippen LogP contribution in [0.1, 0.15) is 25.7 Å². The largest absolute Gasteiger partial charge is 0.353 e. The lowest BCUT2D eigenvalue weighted by molar-refractivity contribution is -0.139. The van der Waals surface area contributed by atoms with Crippen LogP contribution in [0.4, 0.5) is 0 Å². The first kappa shape index (κ1) is 10.5. The highest BCUT2D eigenvalue weighted by atomic mass is 16.2. The first-order chi connectivity index (χ1) is 7.81. The third-order valence-electron chi connectivity index (χ3n) is 4.30. The van der Waals surface area contributed by atoms with E-state index in [4.69, 9.17) is 0 Å². The van der Waals surface area contributed by atoms with Gasteiger partial charge >= 0.3 is 0 Å². The lowest BCUT2D eigenvalue weighted by Gasteiger charge is -2.48. The summed E-state index contributed by atoms with van der Waals surface area (Å²) in [6, 6.07) is 0. The second-order valence-electron chi connectivity index (χ2n) is 5.43. The van der Waals surface area contributed by atoms with Gasteiger partial charge < -0.3 is 10.6 Å². The molecule has 3 fully saturated rings. The fourth-order valence-electron chi connectivity index (χ4n) is 3.09. The van der Waals surface area contributed by atoms with Crippen LogP contribution in [-0.4, -0.2) is 49.1 Å². The molecule has 0 unspecified atom stereocenters. The molecule has 1 aliphatic carbocycles. The van der Waals surface area contributed by atoms with Gasteiger partial charge in [0.1, 0.15) is 5.54 Å². The summed E-state index contributed by atoms with van der Waals surface area (Å²) >= 11 is 0. The smallest absolute Gasteiger partial charge is 0.240 e. The van der Waals surface area contributed by atoms with E-state index in [1.54, 1.807) is 0 Å². The average molecular weight is 223 g/mol. The first-order valence-electron chi connectivity index (χ1n) is 6.55. The Morgan fingerprint density at radius 2 is 2.00 bits per heavy atom. The van der Waals surface area contributed by atoms with Gasteiger partial charge in [0.2, 0.25) is 5.91 Å². The molecule has 2 saturated heterocycles. The molecule has 1 amide bonds. The molecule has 90 valence electrons. The van der Waals surface area contributed by atoms with Crippen LogP contribution in [0.15, 0.2) is 0 Å². The van der Waals surface area contributed by atoms with Crippen molar-refractivity contribution >= 4 is 5.91 Å². The van der Waals surface area contributed by atoms with Crippen LogP contribution in [0.2, 0.25) is 0 Å². The van der Waals surface area contributed by atoms with Crippen LogP contribution in [0.3, 0.4) is 0 Å². The molecule has 0 bridgehead atoms. The number of nitrogens with zero attached hydrogens (tertiary/aromatic N) is 1. The van der Waals surface area contributed by atoms with E-state index in [0.717, 1.165) is 51.5 Å². The summed E-state index contributed by atoms with van der Waals surface area (Å²) in [7, 11) is 0. The minimum Gasteiger partial charge on any atom is -0.353 e. The van der Waals surface area contributed by atoms with Crippen molar-refractivity contribution < 1.29 is 4.79 Å². The highest BCUT2D eigenvalue weighted by Crippen LogP contribution is 2.35. The van der Waals surface area contributed by atoms with Crippen molar-refractivity contribution in [2.24, 2.45) is 5.92 Å². The zero-order valence-electron chi connectivity index (χ0n) is 9.80. The third kappa shape index (κ3) is 1.74. The molecule has 3 aliphatic rings. The molecule has 2 heterocycles. The van der Waals surface area contributed by atoms with E-state index < -0.39 is 0 Å². The Labute approximate surface area is 96.8 Å². The topological polar surface area (TPSA) is 44.4 Å². The lowest BCUT2D eigenvalue weighted by Crippen LogP contribution is -2.68. The molecule has 16 heavy (non-hydrogen) atoms. The zero-order chi connectivity index (χ0) is 11.0. The molecule has 2 aliphatic heterocycles. The normalized spacial score (nSPS) is 30.4. The Kier molecular flexibility index (Phi) is 2.64. The molecule has 0 aromatic rings. The maximum absolute atomic E-state index is 12.2. The van der Waals surface area contributed by atoms with Crippen molar-refractivity contribution in [3.63, 3.8) is 0 Å². The number of rotatable bonds is 2. The van der Waals surface area contributed by atoms with Crippen molar-refractivity contribution in [3.05, 3.63) is 0 Å². The molecule has 0 aromatic carbocycles. The number of hydrogen-bond acceptors (Lipinski definition) is 3. The Hall–Kier alpha value is -0.610. The SMILES string of the molecule is O=C1NCCN(CC2CC2)C12CCNCC2. The van der Waals surface area contributed by atoms with Gasteiger partial charge in [-0.2, -0.15) is 0 Å². The molecule has 2 N–H and O–H groups in total. The van der Waals surface area contributed by atoms with E-state index >= 15 is 0 Å². The maximum Gasteiger partial charge on any atom is 0.240 e. The lowest BCUT2D eigenvalue weighted by atomic mass is 9.83. The number of piperidine rings is 1. The molecule has 1 saturated carbocycles. The van der Waals surface area contributed by atoms with E-state index in [1.807, 2.05) is 0 Å². The second kappa shape index (κ2) is 4.00. The summed E-state index contributed by atoms with van der Waals surface area (Å²) in [6.45, 7) is 4.99. The fourth-order valence-corrected chi connectivity index (χ4v) is 3.09. The Morgan fingerprint density at radius 1 is 1.25 bits per heavy atom. The van der Waals surface area contributed by atoms with Crippen LogP contribution < -0.4 is 10.6 Å². The molecule has 3 rings (SSSR count). The van der Waals surface area contributed by atoms with Gasteiger partial charge in [0.25, 0.3) is 0 Å². The number of carbonyl (C=O) groups is 1. The summed E-state index contributed by atoms with van der Waals surface area (Å²) < 4.78 is 0. The van der Waals surface area contributed by atoms with Gasteiger partial charge in [-0.15, -0.1) is 0 Å². The predicted molar refractivity (Wildman–Crippen MR) is 62.1 cm³/mol. The van der Waals surface area contributed by atoms with Gasteiger partial charge in [0.05, 0.1) is 0 Å². The van der Waals surface area contributed by atoms with Crippen molar-refractivity contribution in [1.29, 1.82) is 0 Å². The number of hydrogen-bond donors (Lipinski definition) is 2. The number of piperazine rings is 1. The van der Waals surface area contributed by atoms with Crippen LogP contribution in [-0.2, 0) is 4.79 Å². The van der Waals surface area contributed by atoms with Crippen molar-refractivity contribution in [3.8, 4) is 0 Å². The first-order valence-corrected chi connectivity index (χ1v) is 6.55. The second-order valence-corrected chi connectivity index (χ2v) is 5.43. The van der Waals surface area contributed by atoms with Crippen molar-refractivity contribution in [2.75, 3.05) is 32.7 Å². The molecule has 1 spiro atoms. The van der Waals surface area contributed by atoms with Crippen LogP contribution in [0.5, 0.6) is 0 Å². The van der Waals surface area contributed by atoms with Crippen LogP contribution in [0, 0.1) is 5.92 Å². The summed E-state index contributed by atoms with van der Waals surface area (Å²) in [4.78, 5) is 14.7. The van der Waals surface area contributed by atoms with E-state index in [9.17, 15) is 4.79 Å². The van der Waals surface area contributed by atoms with Gasteiger partial charge in [-0.1, -0.05) is 0 Å². The number of amides is 1. The average Bonchev–Trinajstić information content (AvgIpc) is 3.11. The molecule has 4 heteroatoms. The van der Waals surface area contributed by atoms with E-state index in [1.165, 1.54) is 12.8 Å². The standard InChI is InChI=1S/C12H21N3O/c16-11-12(3-5-13-6-4-12)15(8-7-14-11)9-10-1-2-10/h10,13H,1-9H2,(H,14,16). The molecular weight excluding hydrogens is 202 g/mol. The fraction of sp³-hybridized carbons (Fsp3) is 0.917. The quantitative estimate of drug-likeness (QED) is 0.690. The monoisotopic (exact) mass is 223 g/mol. The molecule has 0 aromatic heterocycles. The molecule has 4 nitrogen and oxygen atoms in total. The van der Waals surface area contributed by atoms with Gasteiger partial charge in [0.15, 0.2) is 0 Å². The summed E-state index contributed by atoms with van der Waals surface area (Å²) in [5, 5.41) is 6.42. The summed E-state index contributed by atoms with van der Waals surface area (Å²) in [5.41, 5.74) is -0.175. The minimum absolute atomic E-state index is 0.175. The molecule has 0 atom stereocenters. The highest BCUT2D eigenvalue weighted by molar-refractivity contribution is 5.87. The summed E-state index contributed by atoms with van der Waals surface area (Å²) in [6.07, 6.45) is 4.69. The maximum atomic E-state index is 12.2. The van der Waals surface area contributed by atoms with Crippen LogP contribution >= 0.6 is 0 Å². The van der Waals surface area contributed by atoms with Gasteiger partial charge in [-0.25, -0.2) is 0 Å². The number of carbonyl (C=O) groups excluding carboxylic acids is 1. The molecular formula is C12H21N3O. The minimum atomic E-state index is -0.175. The van der Waals surface area contributed by atoms with Crippen molar-refractivity contribution in [1.82, 2.24) is 15.5 Å². The summed E-state index contributed by atoms with van der Waals surface area (Å²) in [5.74, 6) is 1.15. The highest BCUT2D eigenvalue weighted by Gasteiger charge is 2.47. The molecule has 0 radical (unpaired) electrons. The Balaban J connectivity index is 1.78. The Morgan fingerprint density at radius 3 is 2.69 bits per heavy atom. The van der Waals surface area contributed by atoms with Crippen molar-refractivity contribution in [2.45, 2.75) is 31.2 Å². The Bertz CT molecular complexity index is 282.